The first-order valence-corrected chi connectivity index (χ1v) is 13.1. The number of rotatable bonds is 6. The highest BCUT2D eigenvalue weighted by molar-refractivity contribution is 7.89. The van der Waals surface area contributed by atoms with Gasteiger partial charge >= 0.3 is 5.97 Å². The second-order valence-electron chi connectivity index (χ2n) is 9.96. The number of Topliss-reactive ketones (excluding diaryl/α,β-unsaturated/α-hetero) is 1. The van der Waals surface area contributed by atoms with Gasteiger partial charge in [-0.15, -0.1) is 0 Å². The summed E-state index contributed by atoms with van der Waals surface area (Å²) in [6.45, 7) is 0.0178. The number of carbonyl (C=O) groups excluding carboxylic acids is 2. The fourth-order valence-electron chi connectivity index (χ4n) is 6.84. The van der Waals surface area contributed by atoms with Gasteiger partial charge in [0.2, 0.25) is 10.0 Å². The van der Waals surface area contributed by atoms with Crippen LogP contribution in [0.25, 0.3) is 0 Å². The summed E-state index contributed by atoms with van der Waals surface area (Å²) in [6.07, 6.45) is 7.48. The van der Waals surface area contributed by atoms with Crippen molar-refractivity contribution in [1.82, 2.24) is 4.31 Å². The standard InChI is InChI=1S/C23H28ClNO5S/c24-18-3-5-19(6-4-18)31(28,29)25-7-1-2-20(25)22(27)30-14-21(26)23-11-15-8-16(12-23)10-17(9-15)13-23/h3-6,15-17,20H,1-2,7-14H2. The smallest absolute Gasteiger partial charge is 0.324 e. The number of nitrogens with zero attached hydrogens (tertiary/aromatic N) is 1. The molecule has 1 aromatic rings. The average molecular weight is 466 g/mol. The van der Waals surface area contributed by atoms with Crippen LogP contribution >= 0.6 is 11.6 Å². The molecular weight excluding hydrogens is 438 g/mol. The fraction of sp³-hybridized carbons (Fsp3) is 0.652. The van der Waals surface area contributed by atoms with Crippen molar-refractivity contribution >= 4 is 33.4 Å². The molecule has 5 aliphatic rings. The van der Waals surface area contributed by atoms with Crippen molar-refractivity contribution < 1.29 is 22.7 Å². The van der Waals surface area contributed by atoms with E-state index in [1.54, 1.807) is 0 Å². The number of ketones is 1. The third-order valence-corrected chi connectivity index (χ3v) is 10.0. The summed E-state index contributed by atoms with van der Waals surface area (Å²) in [4.78, 5) is 26.0. The first-order valence-electron chi connectivity index (χ1n) is 11.2. The van der Waals surface area contributed by atoms with Gasteiger partial charge in [-0.25, -0.2) is 8.42 Å². The lowest BCUT2D eigenvalue weighted by atomic mass is 9.48. The molecule has 8 heteroatoms. The average Bonchev–Trinajstić information content (AvgIpc) is 3.22. The Labute approximate surface area is 188 Å². The van der Waals surface area contributed by atoms with Crippen molar-refractivity contribution in [3.63, 3.8) is 0 Å². The molecule has 0 radical (unpaired) electrons. The molecule has 0 spiro atoms. The second-order valence-corrected chi connectivity index (χ2v) is 12.3. The molecule has 4 saturated carbocycles. The molecule has 1 unspecified atom stereocenters. The molecular formula is C23H28ClNO5S. The number of esters is 1. The van der Waals surface area contributed by atoms with Gasteiger partial charge in [0.1, 0.15) is 6.04 Å². The first-order chi connectivity index (χ1) is 14.8. The van der Waals surface area contributed by atoms with Crippen LogP contribution in [0, 0.1) is 23.2 Å². The third-order valence-electron chi connectivity index (χ3n) is 7.87. The summed E-state index contributed by atoms with van der Waals surface area (Å²) < 4.78 is 32.7. The quantitative estimate of drug-likeness (QED) is 0.596. The molecule has 1 aromatic carbocycles. The summed E-state index contributed by atoms with van der Waals surface area (Å²) >= 11 is 5.87. The van der Waals surface area contributed by atoms with Crippen LogP contribution < -0.4 is 0 Å². The van der Waals surface area contributed by atoms with Crippen molar-refractivity contribution in [2.24, 2.45) is 23.2 Å². The predicted octanol–water partition coefficient (Wildman–Crippen LogP) is 3.82. The van der Waals surface area contributed by atoms with Gasteiger partial charge in [-0.3, -0.25) is 9.59 Å². The van der Waals surface area contributed by atoms with Gasteiger partial charge in [0.15, 0.2) is 12.4 Å². The molecule has 5 fully saturated rings. The van der Waals surface area contributed by atoms with Crippen molar-refractivity contribution in [2.45, 2.75) is 62.3 Å². The van der Waals surface area contributed by atoms with E-state index in [1.165, 1.54) is 47.8 Å². The highest BCUT2D eigenvalue weighted by Crippen LogP contribution is 2.60. The lowest BCUT2D eigenvalue weighted by molar-refractivity contribution is -0.159. The van der Waals surface area contributed by atoms with Gasteiger partial charge in [-0.2, -0.15) is 4.31 Å². The zero-order valence-corrected chi connectivity index (χ0v) is 19.0. The van der Waals surface area contributed by atoms with Crippen molar-refractivity contribution in [3.8, 4) is 0 Å². The van der Waals surface area contributed by atoms with E-state index in [-0.39, 0.29) is 29.2 Å². The van der Waals surface area contributed by atoms with E-state index in [2.05, 4.69) is 0 Å². The summed E-state index contributed by atoms with van der Waals surface area (Å²) in [7, 11) is -3.84. The number of carbonyl (C=O) groups is 2. The van der Waals surface area contributed by atoms with Crippen LogP contribution in [-0.2, 0) is 24.3 Å². The van der Waals surface area contributed by atoms with Crippen LogP contribution in [0.15, 0.2) is 29.2 Å². The maximum Gasteiger partial charge on any atom is 0.324 e. The van der Waals surface area contributed by atoms with E-state index >= 15 is 0 Å². The van der Waals surface area contributed by atoms with E-state index in [4.69, 9.17) is 16.3 Å². The topological polar surface area (TPSA) is 80.8 Å². The zero-order valence-electron chi connectivity index (χ0n) is 17.5. The molecule has 0 aromatic heterocycles. The number of ether oxygens (including phenoxy) is 1. The van der Waals surface area contributed by atoms with Crippen LogP contribution in [0.5, 0.6) is 0 Å². The molecule has 1 heterocycles. The number of hydrogen-bond donors (Lipinski definition) is 0. The highest BCUT2D eigenvalue weighted by atomic mass is 35.5. The van der Waals surface area contributed by atoms with E-state index in [0.29, 0.717) is 35.6 Å². The molecule has 0 amide bonds. The molecule has 168 valence electrons. The molecule has 6 rings (SSSR count). The lowest BCUT2D eigenvalue weighted by Crippen LogP contribution is -2.51. The van der Waals surface area contributed by atoms with E-state index < -0.39 is 22.0 Å². The predicted molar refractivity (Wildman–Crippen MR) is 115 cm³/mol. The molecule has 31 heavy (non-hydrogen) atoms. The maximum atomic E-state index is 13.1. The minimum atomic E-state index is -3.84. The molecule has 1 saturated heterocycles. The van der Waals surface area contributed by atoms with Gasteiger partial charge in [0, 0.05) is 17.0 Å². The number of halogens is 1. The minimum absolute atomic E-state index is 0.0325. The van der Waals surface area contributed by atoms with Crippen molar-refractivity contribution in [3.05, 3.63) is 29.3 Å². The second kappa shape index (κ2) is 7.85. The molecule has 0 N–H and O–H groups in total. The molecule has 1 aliphatic heterocycles. The number of hydrogen-bond acceptors (Lipinski definition) is 5. The summed E-state index contributed by atoms with van der Waals surface area (Å²) in [6, 6.07) is 5.03. The summed E-state index contributed by atoms with van der Waals surface area (Å²) in [5, 5.41) is 0.444. The largest absolute Gasteiger partial charge is 0.456 e. The highest BCUT2D eigenvalue weighted by Gasteiger charge is 2.54. The normalized spacial score (nSPS) is 34.7. The number of benzene rings is 1. The zero-order chi connectivity index (χ0) is 21.8. The Hall–Kier alpha value is -1.44. The lowest BCUT2D eigenvalue weighted by Gasteiger charge is -2.55. The Morgan fingerprint density at radius 2 is 1.61 bits per heavy atom. The SMILES string of the molecule is O=C(OCC(=O)C12CC3CC(CC(C3)C1)C2)C1CCCN1S(=O)(=O)c1ccc(Cl)cc1. The van der Waals surface area contributed by atoms with Crippen molar-refractivity contribution in [2.75, 3.05) is 13.2 Å². The van der Waals surface area contributed by atoms with Crippen molar-refractivity contribution in [1.29, 1.82) is 0 Å². The number of sulfonamides is 1. The van der Waals surface area contributed by atoms with E-state index in [1.807, 2.05) is 0 Å². The minimum Gasteiger partial charge on any atom is -0.456 e. The first kappa shape index (κ1) is 21.4. The van der Waals surface area contributed by atoms with E-state index in [9.17, 15) is 18.0 Å². The Kier molecular flexibility index (Phi) is 5.42. The van der Waals surface area contributed by atoms with Crippen LogP contribution in [-0.4, -0.2) is 43.7 Å². The molecule has 4 aliphatic carbocycles. The summed E-state index contributed by atoms with van der Waals surface area (Å²) in [5.74, 6) is 1.33. The molecule has 1 atom stereocenters. The Balaban J connectivity index is 1.25. The third kappa shape index (κ3) is 3.83. The van der Waals surface area contributed by atoms with Crippen LogP contribution in [0.1, 0.15) is 51.4 Å². The van der Waals surface area contributed by atoms with Gasteiger partial charge in [0.25, 0.3) is 0 Å². The van der Waals surface area contributed by atoms with Crippen LogP contribution in [0.2, 0.25) is 5.02 Å². The Morgan fingerprint density at radius 1 is 1.03 bits per heavy atom. The summed E-state index contributed by atoms with van der Waals surface area (Å²) in [5.41, 5.74) is -0.320. The van der Waals surface area contributed by atoms with Gasteiger partial charge in [-0.1, -0.05) is 11.6 Å². The fourth-order valence-corrected chi connectivity index (χ4v) is 8.62. The van der Waals surface area contributed by atoms with Gasteiger partial charge < -0.3 is 4.74 Å². The maximum absolute atomic E-state index is 13.1. The van der Waals surface area contributed by atoms with Gasteiger partial charge in [-0.05, 0) is 93.4 Å². The Bertz CT molecular complexity index is 954. The van der Waals surface area contributed by atoms with Gasteiger partial charge in [0.05, 0.1) is 4.90 Å². The van der Waals surface area contributed by atoms with Crippen LogP contribution in [0.3, 0.4) is 0 Å². The molecule has 4 bridgehead atoms. The van der Waals surface area contributed by atoms with Crippen LogP contribution in [0.4, 0.5) is 0 Å². The Morgan fingerprint density at radius 3 is 2.19 bits per heavy atom. The monoisotopic (exact) mass is 465 g/mol. The molecule has 6 nitrogen and oxygen atoms in total. The van der Waals surface area contributed by atoms with E-state index in [0.717, 1.165) is 19.3 Å².